The van der Waals surface area contributed by atoms with E-state index >= 15 is 0 Å². The first-order valence-corrected chi connectivity index (χ1v) is 6.81. The van der Waals surface area contributed by atoms with Crippen molar-refractivity contribution in [3.05, 3.63) is 29.6 Å². The largest absolute Gasteiger partial charge is 0.494 e. The summed E-state index contributed by atoms with van der Waals surface area (Å²) < 4.78 is 19.2. The second-order valence-electron chi connectivity index (χ2n) is 6.66. The maximum atomic E-state index is 14.2. The molecule has 0 bridgehead atoms. The Morgan fingerprint density at radius 2 is 2.11 bits per heavy atom. The Kier molecular flexibility index (Phi) is 3.61. The van der Waals surface area contributed by atoms with Crippen LogP contribution in [0.1, 0.15) is 39.2 Å². The topological polar surface area (TPSA) is 29.5 Å². The molecule has 3 heteroatoms. The van der Waals surface area contributed by atoms with Gasteiger partial charge in [0.15, 0.2) is 11.6 Å². The molecular weight excluding hydrogens is 243 g/mol. The third-order valence-electron chi connectivity index (χ3n) is 4.32. The number of aliphatic hydroxyl groups is 1. The van der Waals surface area contributed by atoms with Crippen LogP contribution in [0.15, 0.2) is 18.2 Å². The van der Waals surface area contributed by atoms with E-state index in [1.54, 1.807) is 18.2 Å². The second kappa shape index (κ2) is 4.78. The molecule has 1 saturated carbocycles. The Hall–Kier alpha value is -1.09. The summed E-state index contributed by atoms with van der Waals surface area (Å²) in [5, 5.41) is 10.8. The second-order valence-corrected chi connectivity index (χ2v) is 6.66. The lowest BCUT2D eigenvalue weighted by Crippen LogP contribution is -2.35. The van der Waals surface area contributed by atoms with Gasteiger partial charge in [-0.25, -0.2) is 4.39 Å². The van der Waals surface area contributed by atoms with E-state index in [1.165, 1.54) is 7.11 Å². The monoisotopic (exact) mass is 266 g/mol. The first-order chi connectivity index (χ1) is 8.77. The fraction of sp³-hybridized carbons (Fsp3) is 0.625. The molecule has 0 aromatic heterocycles. The molecule has 19 heavy (non-hydrogen) atoms. The molecule has 0 saturated heterocycles. The average molecular weight is 266 g/mol. The molecule has 0 amide bonds. The van der Waals surface area contributed by atoms with Gasteiger partial charge in [-0.05, 0) is 35.8 Å². The Bertz CT molecular complexity index is 470. The summed E-state index contributed by atoms with van der Waals surface area (Å²) in [6.45, 7) is 6.36. The lowest BCUT2D eigenvalue weighted by atomic mass is 9.84. The standard InChI is InChI=1S/C16H23FO2/c1-11-8-15(2,3)10-16(11,18)9-12-6-5-7-13(19-4)14(12)17/h5-7,11,18H,8-10H2,1-4H3. The summed E-state index contributed by atoms with van der Waals surface area (Å²) in [6, 6.07) is 5.10. The maximum Gasteiger partial charge on any atom is 0.168 e. The maximum absolute atomic E-state index is 14.2. The Morgan fingerprint density at radius 3 is 2.63 bits per heavy atom. The SMILES string of the molecule is COc1cccc(CC2(O)CC(C)(C)CC2C)c1F. The average Bonchev–Trinajstić information content (AvgIpc) is 2.50. The van der Waals surface area contributed by atoms with Crippen LogP contribution in [0.5, 0.6) is 5.75 Å². The summed E-state index contributed by atoms with van der Waals surface area (Å²) in [5.74, 6) is 0.0643. The van der Waals surface area contributed by atoms with Crippen LogP contribution >= 0.6 is 0 Å². The van der Waals surface area contributed by atoms with E-state index in [-0.39, 0.29) is 22.9 Å². The van der Waals surface area contributed by atoms with E-state index in [2.05, 4.69) is 13.8 Å². The zero-order valence-corrected chi connectivity index (χ0v) is 12.2. The molecule has 1 N–H and O–H groups in total. The minimum atomic E-state index is -0.823. The first-order valence-electron chi connectivity index (χ1n) is 6.81. The quantitative estimate of drug-likeness (QED) is 0.906. The fourth-order valence-corrected chi connectivity index (χ4v) is 3.51. The molecule has 1 aromatic rings. The molecule has 0 aliphatic heterocycles. The van der Waals surface area contributed by atoms with Gasteiger partial charge in [0.1, 0.15) is 0 Å². The van der Waals surface area contributed by atoms with Crippen LogP contribution in [0.25, 0.3) is 0 Å². The summed E-state index contributed by atoms with van der Waals surface area (Å²) >= 11 is 0. The summed E-state index contributed by atoms with van der Waals surface area (Å²) in [4.78, 5) is 0. The molecule has 1 aromatic carbocycles. The van der Waals surface area contributed by atoms with Crippen molar-refractivity contribution in [1.82, 2.24) is 0 Å². The van der Waals surface area contributed by atoms with Gasteiger partial charge in [0.25, 0.3) is 0 Å². The van der Waals surface area contributed by atoms with E-state index in [0.29, 0.717) is 18.4 Å². The summed E-state index contributed by atoms with van der Waals surface area (Å²) in [6.07, 6.45) is 2.02. The first kappa shape index (κ1) is 14.3. The van der Waals surface area contributed by atoms with Crippen molar-refractivity contribution in [2.45, 2.75) is 45.6 Å². The highest BCUT2D eigenvalue weighted by Gasteiger charge is 2.47. The van der Waals surface area contributed by atoms with Crippen LogP contribution in [0.4, 0.5) is 4.39 Å². The highest BCUT2D eigenvalue weighted by atomic mass is 19.1. The van der Waals surface area contributed by atoms with Gasteiger partial charge in [0.05, 0.1) is 12.7 Å². The highest BCUT2D eigenvalue weighted by molar-refractivity contribution is 5.32. The van der Waals surface area contributed by atoms with Crippen LogP contribution in [0.2, 0.25) is 0 Å². The van der Waals surface area contributed by atoms with E-state index < -0.39 is 5.60 Å². The zero-order chi connectivity index (χ0) is 14.3. The van der Waals surface area contributed by atoms with Gasteiger partial charge >= 0.3 is 0 Å². The van der Waals surface area contributed by atoms with Gasteiger partial charge in [-0.15, -0.1) is 0 Å². The van der Waals surface area contributed by atoms with Gasteiger partial charge in [-0.3, -0.25) is 0 Å². The predicted molar refractivity (Wildman–Crippen MR) is 73.8 cm³/mol. The molecule has 0 radical (unpaired) electrons. The fourth-order valence-electron chi connectivity index (χ4n) is 3.51. The van der Waals surface area contributed by atoms with Gasteiger partial charge < -0.3 is 9.84 Å². The molecular formula is C16H23FO2. The van der Waals surface area contributed by atoms with E-state index in [4.69, 9.17) is 4.74 Å². The smallest absolute Gasteiger partial charge is 0.168 e. The third-order valence-corrected chi connectivity index (χ3v) is 4.32. The van der Waals surface area contributed by atoms with Gasteiger partial charge in [-0.2, -0.15) is 0 Å². The molecule has 0 heterocycles. The third kappa shape index (κ3) is 2.76. The Labute approximate surface area is 114 Å². The lowest BCUT2D eigenvalue weighted by molar-refractivity contribution is 0.00367. The van der Waals surface area contributed by atoms with Gasteiger partial charge in [0, 0.05) is 6.42 Å². The molecule has 1 aliphatic rings. The zero-order valence-electron chi connectivity index (χ0n) is 12.2. The Balaban J connectivity index is 2.26. The molecule has 106 valence electrons. The number of hydrogen-bond acceptors (Lipinski definition) is 2. The van der Waals surface area contributed by atoms with Crippen LogP contribution in [-0.4, -0.2) is 17.8 Å². The van der Waals surface area contributed by atoms with Crippen molar-refractivity contribution >= 4 is 0 Å². The van der Waals surface area contributed by atoms with Gasteiger partial charge in [-0.1, -0.05) is 32.9 Å². The highest BCUT2D eigenvalue weighted by Crippen LogP contribution is 2.49. The number of methoxy groups -OCH3 is 1. The van der Waals surface area contributed by atoms with Gasteiger partial charge in [0.2, 0.25) is 0 Å². The van der Waals surface area contributed by atoms with Crippen LogP contribution in [-0.2, 0) is 6.42 Å². The van der Waals surface area contributed by atoms with Crippen molar-refractivity contribution in [3.63, 3.8) is 0 Å². The molecule has 2 unspecified atom stereocenters. The van der Waals surface area contributed by atoms with Crippen LogP contribution in [0, 0.1) is 17.2 Å². The van der Waals surface area contributed by atoms with E-state index in [9.17, 15) is 9.50 Å². The Morgan fingerprint density at radius 1 is 1.42 bits per heavy atom. The molecule has 1 fully saturated rings. The number of hydrogen-bond donors (Lipinski definition) is 1. The van der Waals surface area contributed by atoms with E-state index in [0.717, 1.165) is 6.42 Å². The lowest BCUT2D eigenvalue weighted by Gasteiger charge is -2.29. The number of benzene rings is 1. The van der Waals surface area contributed by atoms with E-state index in [1.807, 2.05) is 6.92 Å². The van der Waals surface area contributed by atoms with Crippen molar-refractivity contribution in [3.8, 4) is 5.75 Å². The molecule has 2 atom stereocenters. The van der Waals surface area contributed by atoms with Crippen molar-refractivity contribution < 1.29 is 14.2 Å². The number of rotatable bonds is 3. The summed E-state index contributed by atoms with van der Waals surface area (Å²) in [5.41, 5.74) is -0.174. The summed E-state index contributed by atoms with van der Waals surface area (Å²) in [7, 11) is 1.46. The predicted octanol–water partition coefficient (Wildman–Crippen LogP) is 3.56. The van der Waals surface area contributed by atoms with Crippen molar-refractivity contribution in [2.24, 2.45) is 11.3 Å². The normalized spacial score (nSPS) is 29.5. The molecule has 0 spiro atoms. The number of halogens is 1. The van der Waals surface area contributed by atoms with Crippen LogP contribution in [0.3, 0.4) is 0 Å². The molecule has 1 aliphatic carbocycles. The minimum absolute atomic E-state index is 0.115. The van der Waals surface area contributed by atoms with Crippen LogP contribution < -0.4 is 4.74 Å². The van der Waals surface area contributed by atoms with Crippen molar-refractivity contribution in [2.75, 3.05) is 7.11 Å². The number of ether oxygens (including phenoxy) is 1. The molecule has 2 rings (SSSR count). The van der Waals surface area contributed by atoms with Crippen molar-refractivity contribution in [1.29, 1.82) is 0 Å². The minimum Gasteiger partial charge on any atom is -0.494 e. The molecule has 2 nitrogen and oxygen atoms in total.